The van der Waals surface area contributed by atoms with Crippen LogP contribution in [0, 0.1) is 0 Å². The molecule has 9 heteroatoms. The number of phenolic OH excluding ortho intramolecular Hbond substituents is 1. The number of tetrazole rings is 1. The van der Waals surface area contributed by atoms with E-state index in [0.717, 1.165) is 25.2 Å². The molecule has 4 rings (SSSR count). The molecule has 140 valence electrons. The van der Waals surface area contributed by atoms with E-state index in [-0.39, 0.29) is 23.1 Å². The Kier molecular flexibility index (Phi) is 4.57. The molecule has 1 aliphatic rings. The topological polar surface area (TPSA) is 102 Å². The van der Waals surface area contributed by atoms with Crippen molar-refractivity contribution in [2.45, 2.75) is 32.2 Å². The number of carbonyl (C=O) groups is 1. The number of benzene rings is 1. The van der Waals surface area contributed by atoms with E-state index in [2.05, 4.69) is 32.0 Å². The molecular formula is C18H21N7O2. The average molecular weight is 367 g/mol. The molecular weight excluding hydrogens is 346 g/mol. The Bertz CT molecular complexity index is 935. The smallest absolute Gasteiger partial charge is 0.257 e. The van der Waals surface area contributed by atoms with Crippen molar-refractivity contribution in [3.8, 4) is 11.4 Å². The highest BCUT2D eigenvalue weighted by Gasteiger charge is 2.29. The lowest BCUT2D eigenvalue weighted by atomic mass is 9.96. The molecule has 1 N–H and O–H groups in total. The highest BCUT2D eigenvalue weighted by atomic mass is 16.3. The Morgan fingerprint density at radius 3 is 3.04 bits per heavy atom. The number of aryl methyl sites for hydroxylation is 1. The van der Waals surface area contributed by atoms with Crippen LogP contribution >= 0.6 is 0 Å². The van der Waals surface area contributed by atoms with Crippen LogP contribution in [0.3, 0.4) is 0 Å². The van der Waals surface area contributed by atoms with Gasteiger partial charge in [-0.05, 0) is 48.4 Å². The zero-order valence-corrected chi connectivity index (χ0v) is 15.1. The first-order chi connectivity index (χ1) is 13.2. The molecule has 0 radical (unpaired) electrons. The Morgan fingerprint density at radius 1 is 1.37 bits per heavy atom. The summed E-state index contributed by atoms with van der Waals surface area (Å²) in [6.07, 6.45) is 7.12. The molecule has 1 atom stereocenters. The summed E-state index contributed by atoms with van der Waals surface area (Å²) in [5.41, 5.74) is 0.874. The second-order valence-corrected chi connectivity index (χ2v) is 6.62. The Labute approximate surface area is 156 Å². The monoisotopic (exact) mass is 367 g/mol. The van der Waals surface area contributed by atoms with E-state index in [0.29, 0.717) is 18.8 Å². The number of carbonyl (C=O) groups excluding carboxylic acids is 1. The molecule has 0 saturated carbocycles. The number of nitrogens with zero attached hydrogens (tertiary/aromatic N) is 7. The summed E-state index contributed by atoms with van der Waals surface area (Å²) < 4.78 is 3.57. The van der Waals surface area contributed by atoms with Gasteiger partial charge in [-0.2, -0.15) is 0 Å². The highest BCUT2D eigenvalue weighted by molar-refractivity contribution is 5.97. The van der Waals surface area contributed by atoms with Crippen molar-refractivity contribution >= 4 is 5.91 Å². The number of imidazole rings is 1. The molecule has 0 bridgehead atoms. The van der Waals surface area contributed by atoms with Crippen LogP contribution in [0.4, 0.5) is 0 Å². The normalized spacial score (nSPS) is 17.2. The summed E-state index contributed by atoms with van der Waals surface area (Å²) in [5.74, 6) is 0.972. The van der Waals surface area contributed by atoms with E-state index >= 15 is 0 Å². The number of amides is 1. The van der Waals surface area contributed by atoms with Crippen LogP contribution in [-0.4, -0.2) is 58.8 Å². The molecule has 27 heavy (non-hydrogen) atoms. The Balaban J connectivity index is 1.58. The van der Waals surface area contributed by atoms with Crippen LogP contribution < -0.4 is 0 Å². The van der Waals surface area contributed by atoms with Crippen molar-refractivity contribution in [3.63, 3.8) is 0 Å². The van der Waals surface area contributed by atoms with Crippen LogP contribution in [0.25, 0.3) is 5.69 Å². The first-order valence-electron chi connectivity index (χ1n) is 9.04. The molecule has 3 aromatic rings. The summed E-state index contributed by atoms with van der Waals surface area (Å²) in [7, 11) is 0. The maximum atomic E-state index is 13.1. The van der Waals surface area contributed by atoms with Gasteiger partial charge in [0.15, 0.2) is 0 Å². The molecule has 0 unspecified atom stereocenters. The van der Waals surface area contributed by atoms with Crippen molar-refractivity contribution in [2.75, 3.05) is 13.1 Å². The first-order valence-corrected chi connectivity index (χ1v) is 9.04. The summed E-state index contributed by atoms with van der Waals surface area (Å²) in [6, 6.07) is 4.78. The van der Waals surface area contributed by atoms with Crippen molar-refractivity contribution in [1.82, 2.24) is 34.7 Å². The van der Waals surface area contributed by atoms with E-state index in [1.807, 2.05) is 6.20 Å². The third-order valence-corrected chi connectivity index (χ3v) is 4.99. The van der Waals surface area contributed by atoms with Crippen LogP contribution in [0.1, 0.15) is 41.9 Å². The van der Waals surface area contributed by atoms with Gasteiger partial charge < -0.3 is 14.6 Å². The largest absolute Gasteiger partial charge is 0.507 e. The third-order valence-electron chi connectivity index (χ3n) is 4.99. The minimum Gasteiger partial charge on any atom is -0.507 e. The molecule has 3 heterocycles. The van der Waals surface area contributed by atoms with Crippen LogP contribution in [-0.2, 0) is 6.54 Å². The molecule has 2 aromatic heterocycles. The fraction of sp³-hybridized carbons (Fsp3) is 0.389. The second kappa shape index (κ2) is 7.18. The summed E-state index contributed by atoms with van der Waals surface area (Å²) in [5, 5.41) is 21.3. The van der Waals surface area contributed by atoms with Crippen molar-refractivity contribution in [1.29, 1.82) is 0 Å². The van der Waals surface area contributed by atoms with Gasteiger partial charge in [0.25, 0.3) is 5.91 Å². The van der Waals surface area contributed by atoms with Crippen molar-refractivity contribution in [2.24, 2.45) is 0 Å². The molecule has 1 fully saturated rings. The molecule has 0 spiro atoms. The van der Waals surface area contributed by atoms with Gasteiger partial charge in [0, 0.05) is 37.9 Å². The minimum absolute atomic E-state index is 0.0472. The number of rotatable bonds is 4. The average Bonchev–Trinajstić information content (AvgIpc) is 3.39. The zero-order valence-electron chi connectivity index (χ0n) is 15.1. The summed E-state index contributed by atoms with van der Waals surface area (Å²) in [6.45, 7) is 4.19. The highest BCUT2D eigenvalue weighted by Crippen LogP contribution is 2.29. The lowest BCUT2D eigenvalue weighted by Gasteiger charge is -2.33. The van der Waals surface area contributed by atoms with Gasteiger partial charge in [0.2, 0.25) is 0 Å². The quantitative estimate of drug-likeness (QED) is 0.751. The maximum absolute atomic E-state index is 13.1. The third kappa shape index (κ3) is 3.27. The molecule has 1 aromatic carbocycles. The van der Waals surface area contributed by atoms with Crippen molar-refractivity contribution < 1.29 is 9.90 Å². The van der Waals surface area contributed by atoms with Crippen LogP contribution in [0.15, 0.2) is 36.9 Å². The Morgan fingerprint density at radius 2 is 2.26 bits per heavy atom. The number of likely N-dealkylation sites (tertiary alicyclic amines) is 1. The zero-order chi connectivity index (χ0) is 18.8. The summed E-state index contributed by atoms with van der Waals surface area (Å²) in [4.78, 5) is 19.4. The molecule has 1 saturated heterocycles. The molecule has 1 amide bonds. The van der Waals surface area contributed by atoms with Gasteiger partial charge in [-0.3, -0.25) is 4.79 Å². The van der Waals surface area contributed by atoms with Gasteiger partial charge >= 0.3 is 0 Å². The number of piperidine rings is 1. The number of phenols is 1. The van der Waals surface area contributed by atoms with E-state index in [9.17, 15) is 9.90 Å². The van der Waals surface area contributed by atoms with E-state index < -0.39 is 0 Å². The molecule has 0 aliphatic carbocycles. The number of hydrogen-bond acceptors (Lipinski definition) is 6. The fourth-order valence-corrected chi connectivity index (χ4v) is 3.61. The van der Waals surface area contributed by atoms with E-state index in [1.54, 1.807) is 23.2 Å². The molecule has 9 nitrogen and oxygen atoms in total. The predicted octanol–water partition coefficient (Wildman–Crippen LogP) is 1.60. The van der Waals surface area contributed by atoms with Gasteiger partial charge in [-0.1, -0.05) is 0 Å². The fourth-order valence-electron chi connectivity index (χ4n) is 3.61. The first kappa shape index (κ1) is 17.2. The number of aromatic nitrogens is 6. The number of aromatic hydroxyl groups is 1. The minimum atomic E-state index is -0.193. The van der Waals surface area contributed by atoms with E-state index in [4.69, 9.17) is 0 Å². The van der Waals surface area contributed by atoms with Gasteiger partial charge in [-0.25, -0.2) is 9.67 Å². The lowest BCUT2D eigenvalue weighted by Crippen LogP contribution is -2.39. The van der Waals surface area contributed by atoms with Gasteiger partial charge in [-0.15, -0.1) is 5.10 Å². The predicted molar refractivity (Wildman–Crippen MR) is 96.6 cm³/mol. The Hall–Kier alpha value is -3.23. The van der Waals surface area contributed by atoms with Crippen molar-refractivity contribution in [3.05, 3.63) is 48.3 Å². The maximum Gasteiger partial charge on any atom is 0.257 e. The molecule has 1 aliphatic heterocycles. The van der Waals surface area contributed by atoms with Crippen LogP contribution in [0.5, 0.6) is 5.75 Å². The number of hydrogen-bond donors (Lipinski definition) is 1. The van der Waals surface area contributed by atoms with E-state index in [1.165, 1.54) is 17.1 Å². The van der Waals surface area contributed by atoms with Gasteiger partial charge in [0.1, 0.15) is 17.9 Å². The second-order valence-electron chi connectivity index (χ2n) is 6.62. The standard InChI is InChI=1S/C18H21N7O2/c1-2-23-9-7-19-17(23)13-4-3-8-24(11-13)18(27)15-10-14(5-6-16(15)26)25-12-20-21-22-25/h5-7,9-10,12-13,26H,2-4,8,11H2,1H3/t13-/m1/s1. The van der Waals surface area contributed by atoms with Crippen LogP contribution in [0.2, 0.25) is 0 Å². The SMILES string of the molecule is CCn1ccnc1[C@@H]1CCCN(C(=O)c2cc(-n3cnnn3)ccc2O)C1. The summed E-state index contributed by atoms with van der Waals surface area (Å²) >= 11 is 0. The van der Waals surface area contributed by atoms with Gasteiger partial charge in [0.05, 0.1) is 11.3 Å². The lowest BCUT2D eigenvalue weighted by molar-refractivity contribution is 0.0700.